The predicted molar refractivity (Wildman–Crippen MR) is 118 cm³/mol. The Kier molecular flexibility index (Phi) is 7.53. The molecule has 2 fully saturated rings. The minimum absolute atomic E-state index is 0.0163. The fourth-order valence-corrected chi connectivity index (χ4v) is 4.69. The lowest BCUT2D eigenvalue weighted by molar-refractivity contribution is 0.0508. The summed E-state index contributed by atoms with van der Waals surface area (Å²) in [6.07, 6.45) is 3.05. The zero-order chi connectivity index (χ0) is 21.5. The molecule has 0 spiro atoms. The lowest BCUT2D eigenvalue weighted by Gasteiger charge is -2.39. The predicted octanol–water partition coefficient (Wildman–Crippen LogP) is 2.02. The average molecular weight is 434 g/mol. The SMILES string of the molecule is CN=C(NCC1(c2ccc3c(c2)OCO3)CCOCC1)N1CCC(COCCOC)C1. The first-order chi connectivity index (χ1) is 15.2. The number of nitrogens with zero attached hydrogens (tertiary/aromatic N) is 2. The van der Waals surface area contributed by atoms with E-state index in [9.17, 15) is 0 Å². The molecular weight excluding hydrogens is 398 g/mol. The van der Waals surface area contributed by atoms with Crippen LogP contribution in [0, 0.1) is 5.92 Å². The lowest BCUT2D eigenvalue weighted by Crippen LogP contribution is -2.49. The summed E-state index contributed by atoms with van der Waals surface area (Å²) in [6.45, 7) is 6.67. The fraction of sp³-hybridized carbons (Fsp3) is 0.696. The van der Waals surface area contributed by atoms with Gasteiger partial charge in [-0.25, -0.2) is 0 Å². The van der Waals surface area contributed by atoms with Gasteiger partial charge in [0.1, 0.15) is 0 Å². The summed E-state index contributed by atoms with van der Waals surface area (Å²) in [4.78, 5) is 6.92. The van der Waals surface area contributed by atoms with Crippen LogP contribution in [0.1, 0.15) is 24.8 Å². The van der Waals surface area contributed by atoms with E-state index in [1.165, 1.54) is 5.56 Å². The van der Waals surface area contributed by atoms with Crippen LogP contribution in [0.4, 0.5) is 0 Å². The van der Waals surface area contributed by atoms with Gasteiger partial charge in [0, 0.05) is 58.3 Å². The molecule has 1 N–H and O–H groups in total. The molecule has 0 saturated carbocycles. The molecule has 31 heavy (non-hydrogen) atoms. The zero-order valence-electron chi connectivity index (χ0n) is 18.7. The number of likely N-dealkylation sites (tertiary alicyclic amines) is 1. The highest BCUT2D eigenvalue weighted by atomic mass is 16.7. The molecule has 1 aromatic rings. The molecule has 1 unspecified atom stereocenters. The molecule has 0 aromatic heterocycles. The molecule has 3 heterocycles. The van der Waals surface area contributed by atoms with Crippen molar-refractivity contribution >= 4 is 5.96 Å². The number of hydrogen-bond acceptors (Lipinski definition) is 6. The highest BCUT2D eigenvalue weighted by Crippen LogP contribution is 2.40. The summed E-state index contributed by atoms with van der Waals surface area (Å²) in [5.41, 5.74) is 1.26. The Labute approximate surface area is 184 Å². The first-order valence-corrected chi connectivity index (χ1v) is 11.2. The molecular formula is C23H35N3O5. The van der Waals surface area contributed by atoms with Gasteiger partial charge in [-0.05, 0) is 37.0 Å². The van der Waals surface area contributed by atoms with Crippen LogP contribution in [0.3, 0.4) is 0 Å². The van der Waals surface area contributed by atoms with Crippen molar-refractivity contribution in [1.82, 2.24) is 10.2 Å². The van der Waals surface area contributed by atoms with Crippen LogP contribution < -0.4 is 14.8 Å². The van der Waals surface area contributed by atoms with Crippen LogP contribution >= 0.6 is 0 Å². The summed E-state index contributed by atoms with van der Waals surface area (Å²) in [7, 11) is 3.56. The maximum atomic E-state index is 5.74. The summed E-state index contributed by atoms with van der Waals surface area (Å²) >= 11 is 0. The van der Waals surface area contributed by atoms with Gasteiger partial charge in [-0.3, -0.25) is 4.99 Å². The molecule has 172 valence electrons. The zero-order valence-corrected chi connectivity index (χ0v) is 18.7. The maximum absolute atomic E-state index is 5.74. The monoisotopic (exact) mass is 433 g/mol. The number of guanidine groups is 1. The van der Waals surface area contributed by atoms with Gasteiger partial charge >= 0.3 is 0 Å². The molecule has 8 heteroatoms. The molecule has 0 amide bonds. The van der Waals surface area contributed by atoms with Crippen LogP contribution in [-0.2, 0) is 19.6 Å². The van der Waals surface area contributed by atoms with Crippen LogP contribution in [0.2, 0.25) is 0 Å². The highest BCUT2D eigenvalue weighted by Gasteiger charge is 2.36. The lowest BCUT2D eigenvalue weighted by atomic mass is 9.74. The minimum Gasteiger partial charge on any atom is -0.454 e. The third kappa shape index (κ3) is 5.25. The van der Waals surface area contributed by atoms with Crippen molar-refractivity contribution < 1.29 is 23.7 Å². The smallest absolute Gasteiger partial charge is 0.231 e. The largest absolute Gasteiger partial charge is 0.454 e. The average Bonchev–Trinajstić information content (AvgIpc) is 3.47. The maximum Gasteiger partial charge on any atom is 0.231 e. The number of ether oxygens (including phenoxy) is 5. The second-order valence-electron chi connectivity index (χ2n) is 8.53. The summed E-state index contributed by atoms with van der Waals surface area (Å²) in [5.74, 6) is 3.15. The Bertz CT molecular complexity index is 751. The van der Waals surface area contributed by atoms with E-state index in [2.05, 4.69) is 27.3 Å². The molecule has 1 atom stereocenters. The number of hydrogen-bond donors (Lipinski definition) is 1. The number of fused-ring (bicyclic) bond motifs is 1. The van der Waals surface area contributed by atoms with E-state index >= 15 is 0 Å². The van der Waals surface area contributed by atoms with E-state index in [1.54, 1.807) is 7.11 Å². The molecule has 1 aromatic carbocycles. The van der Waals surface area contributed by atoms with E-state index in [4.69, 9.17) is 23.7 Å². The number of benzene rings is 1. The van der Waals surface area contributed by atoms with Gasteiger partial charge in [0.05, 0.1) is 19.8 Å². The van der Waals surface area contributed by atoms with Crippen LogP contribution in [0.5, 0.6) is 11.5 Å². The molecule has 3 aliphatic rings. The number of nitrogens with one attached hydrogen (secondary N) is 1. The van der Waals surface area contributed by atoms with Gasteiger partial charge < -0.3 is 33.9 Å². The van der Waals surface area contributed by atoms with Gasteiger partial charge in [-0.15, -0.1) is 0 Å². The topological polar surface area (TPSA) is 73.8 Å². The van der Waals surface area contributed by atoms with Crippen molar-refractivity contribution in [2.45, 2.75) is 24.7 Å². The Morgan fingerprint density at radius 2 is 2.06 bits per heavy atom. The molecule has 4 rings (SSSR count). The minimum atomic E-state index is -0.0163. The Hall–Kier alpha value is -2.03. The van der Waals surface area contributed by atoms with E-state index < -0.39 is 0 Å². The number of aliphatic imine (C=N–C) groups is 1. The van der Waals surface area contributed by atoms with Gasteiger partial charge in [0.2, 0.25) is 6.79 Å². The number of methoxy groups -OCH3 is 1. The molecule has 0 radical (unpaired) electrons. The molecule has 3 aliphatic heterocycles. The van der Waals surface area contributed by atoms with Crippen molar-refractivity contribution in [3.05, 3.63) is 23.8 Å². The van der Waals surface area contributed by atoms with Crippen molar-refractivity contribution in [2.75, 3.05) is 73.6 Å². The van der Waals surface area contributed by atoms with Crippen LogP contribution in [-0.4, -0.2) is 84.5 Å². The molecule has 8 nitrogen and oxygen atoms in total. The molecule has 2 saturated heterocycles. The van der Waals surface area contributed by atoms with Crippen LogP contribution in [0.15, 0.2) is 23.2 Å². The van der Waals surface area contributed by atoms with E-state index in [0.29, 0.717) is 25.9 Å². The third-order valence-corrected chi connectivity index (χ3v) is 6.60. The van der Waals surface area contributed by atoms with E-state index in [1.807, 2.05) is 13.1 Å². The van der Waals surface area contributed by atoms with E-state index in [-0.39, 0.29) is 5.41 Å². The van der Waals surface area contributed by atoms with Gasteiger partial charge in [-0.2, -0.15) is 0 Å². The Morgan fingerprint density at radius 3 is 2.87 bits per heavy atom. The van der Waals surface area contributed by atoms with Gasteiger partial charge in [0.15, 0.2) is 17.5 Å². The van der Waals surface area contributed by atoms with Gasteiger partial charge in [0.25, 0.3) is 0 Å². The first kappa shape index (κ1) is 22.2. The Morgan fingerprint density at radius 1 is 1.23 bits per heavy atom. The second kappa shape index (κ2) is 10.5. The standard InChI is InChI=1S/C23H35N3O5/c1-24-22(26-8-5-18(14-26)15-29-12-11-27-2)25-16-23(6-9-28-10-7-23)19-3-4-20-21(13-19)31-17-30-20/h3-4,13,18H,5-12,14-17H2,1-2H3,(H,24,25). The fourth-order valence-electron chi connectivity index (χ4n) is 4.69. The highest BCUT2D eigenvalue weighted by molar-refractivity contribution is 5.80. The third-order valence-electron chi connectivity index (χ3n) is 6.60. The van der Waals surface area contributed by atoms with Crippen molar-refractivity contribution in [3.8, 4) is 11.5 Å². The van der Waals surface area contributed by atoms with Crippen molar-refractivity contribution in [1.29, 1.82) is 0 Å². The molecule has 0 aliphatic carbocycles. The molecule has 0 bridgehead atoms. The Balaban J connectivity index is 1.38. The van der Waals surface area contributed by atoms with Crippen molar-refractivity contribution in [2.24, 2.45) is 10.9 Å². The summed E-state index contributed by atoms with van der Waals surface area (Å²) in [6, 6.07) is 6.34. The second-order valence-corrected chi connectivity index (χ2v) is 8.53. The van der Waals surface area contributed by atoms with Gasteiger partial charge in [-0.1, -0.05) is 6.07 Å². The first-order valence-electron chi connectivity index (χ1n) is 11.2. The quantitative estimate of drug-likeness (QED) is 0.382. The summed E-state index contributed by atoms with van der Waals surface area (Å²) < 4.78 is 27.6. The number of rotatable bonds is 8. The van der Waals surface area contributed by atoms with Crippen molar-refractivity contribution in [3.63, 3.8) is 0 Å². The normalized spacial score (nSPS) is 22.7. The van der Waals surface area contributed by atoms with E-state index in [0.717, 1.165) is 76.2 Å². The summed E-state index contributed by atoms with van der Waals surface area (Å²) in [5, 5.41) is 3.67. The van der Waals surface area contributed by atoms with Crippen LogP contribution in [0.25, 0.3) is 0 Å².